The van der Waals surface area contributed by atoms with Crippen LogP contribution in [-0.2, 0) is 6.42 Å². The molecule has 0 aliphatic rings. The van der Waals surface area contributed by atoms with E-state index in [2.05, 4.69) is 53.5 Å². The Balaban J connectivity index is 2.54. The molecule has 0 aliphatic heterocycles. The monoisotopic (exact) mass is 289 g/mol. The summed E-state index contributed by atoms with van der Waals surface area (Å²) in [4.78, 5) is 1.46. The average Bonchev–Trinajstić information content (AvgIpc) is 2.58. The minimum Gasteiger partial charge on any atom is -0.313 e. The van der Waals surface area contributed by atoms with Crippen LogP contribution in [0.25, 0.3) is 0 Å². The highest BCUT2D eigenvalue weighted by atomic mass is 79.9. The van der Waals surface area contributed by atoms with E-state index < -0.39 is 0 Å². The number of thiophene rings is 1. The molecule has 1 rings (SSSR count). The van der Waals surface area contributed by atoms with E-state index in [4.69, 9.17) is 0 Å². The maximum atomic E-state index is 3.62. The fourth-order valence-corrected chi connectivity index (χ4v) is 3.12. The van der Waals surface area contributed by atoms with Gasteiger partial charge in [-0.05, 0) is 52.7 Å². The van der Waals surface area contributed by atoms with Gasteiger partial charge in [-0.1, -0.05) is 20.8 Å². The minimum absolute atomic E-state index is 0.597. The molecular formula is C12H20BrNS. The van der Waals surface area contributed by atoms with E-state index in [0.29, 0.717) is 12.0 Å². The molecular weight excluding hydrogens is 270 g/mol. The van der Waals surface area contributed by atoms with E-state index in [1.807, 2.05) is 11.3 Å². The molecule has 0 fully saturated rings. The van der Waals surface area contributed by atoms with Gasteiger partial charge in [0.1, 0.15) is 0 Å². The Labute approximate surface area is 105 Å². The van der Waals surface area contributed by atoms with Gasteiger partial charge in [-0.2, -0.15) is 0 Å². The van der Waals surface area contributed by atoms with E-state index in [1.165, 1.54) is 15.8 Å². The zero-order valence-corrected chi connectivity index (χ0v) is 12.1. The third-order valence-corrected chi connectivity index (χ3v) is 4.51. The molecule has 0 aliphatic carbocycles. The summed E-state index contributed by atoms with van der Waals surface area (Å²) >= 11 is 5.44. The molecule has 1 atom stereocenters. The third kappa shape index (κ3) is 4.25. The van der Waals surface area contributed by atoms with Crippen molar-refractivity contribution >= 4 is 27.3 Å². The predicted octanol–water partition coefficient (Wildman–Crippen LogP) is 4.08. The SMILES string of the molecule is CCCNC(Cc1sccc1Br)C(C)C. The third-order valence-electron chi connectivity index (χ3n) is 2.56. The molecule has 0 radical (unpaired) electrons. The average molecular weight is 290 g/mol. The van der Waals surface area contributed by atoms with Crippen LogP contribution in [0.1, 0.15) is 32.1 Å². The van der Waals surface area contributed by atoms with Crippen molar-refractivity contribution in [1.82, 2.24) is 5.32 Å². The van der Waals surface area contributed by atoms with Crippen LogP contribution in [0, 0.1) is 5.92 Å². The van der Waals surface area contributed by atoms with E-state index >= 15 is 0 Å². The first-order valence-electron chi connectivity index (χ1n) is 5.60. The summed E-state index contributed by atoms with van der Waals surface area (Å²) in [5.41, 5.74) is 0. The van der Waals surface area contributed by atoms with Gasteiger partial charge >= 0.3 is 0 Å². The molecule has 1 heterocycles. The molecule has 3 heteroatoms. The van der Waals surface area contributed by atoms with E-state index in [9.17, 15) is 0 Å². The van der Waals surface area contributed by atoms with Crippen LogP contribution in [0.15, 0.2) is 15.9 Å². The zero-order valence-electron chi connectivity index (χ0n) is 9.72. The summed E-state index contributed by atoms with van der Waals surface area (Å²) in [6.45, 7) is 7.90. The Morgan fingerprint density at radius 1 is 1.47 bits per heavy atom. The van der Waals surface area contributed by atoms with Crippen LogP contribution < -0.4 is 5.32 Å². The molecule has 86 valence electrons. The highest BCUT2D eigenvalue weighted by Crippen LogP contribution is 2.25. The second kappa shape index (κ2) is 6.66. The number of nitrogens with one attached hydrogen (secondary N) is 1. The summed E-state index contributed by atoms with van der Waals surface area (Å²) in [6, 6.07) is 2.73. The molecule has 1 unspecified atom stereocenters. The quantitative estimate of drug-likeness (QED) is 0.832. The Bertz CT molecular complexity index is 283. The second-order valence-electron chi connectivity index (χ2n) is 4.20. The molecule has 0 amide bonds. The molecule has 0 saturated carbocycles. The van der Waals surface area contributed by atoms with Crippen LogP contribution in [0.2, 0.25) is 0 Å². The Hall–Kier alpha value is 0.140. The highest BCUT2D eigenvalue weighted by Gasteiger charge is 2.15. The van der Waals surface area contributed by atoms with E-state index in [1.54, 1.807) is 0 Å². The largest absolute Gasteiger partial charge is 0.313 e. The fourth-order valence-electron chi connectivity index (χ4n) is 1.54. The van der Waals surface area contributed by atoms with Gasteiger partial charge in [0.2, 0.25) is 0 Å². The summed E-state index contributed by atoms with van der Waals surface area (Å²) < 4.78 is 1.26. The van der Waals surface area contributed by atoms with Crippen molar-refractivity contribution in [2.45, 2.75) is 39.7 Å². The molecule has 15 heavy (non-hydrogen) atoms. The standard InChI is InChI=1S/C12H20BrNS/c1-4-6-14-11(9(2)3)8-12-10(13)5-7-15-12/h5,7,9,11,14H,4,6,8H2,1-3H3. The van der Waals surface area contributed by atoms with Gasteiger partial charge in [-0.15, -0.1) is 11.3 Å². The van der Waals surface area contributed by atoms with E-state index in [-0.39, 0.29) is 0 Å². The fraction of sp³-hybridized carbons (Fsp3) is 0.667. The first-order chi connectivity index (χ1) is 7.15. The van der Waals surface area contributed by atoms with Crippen LogP contribution in [-0.4, -0.2) is 12.6 Å². The van der Waals surface area contributed by atoms with Crippen LogP contribution >= 0.6 is 27.3 Å². The topological polar surface area (TPSA) is 12.0 Å². The molecule has 1 N–H and O–H groups in total. The van der Waals surface area contributed by atoms with Gasteiger partial charge in [0.15, 0.2) is 0 Å². The normalized spacial score (nSPS) is 13.4. The smallest absolute Gasteiger partial charge is 0.0314 e. The van der Waals surface area contributed by atoms with Crippen molar-refractivity contribution in [3.63, 3.8) is 0 Å². The van der Waals surface area contributed by atoms with Gasteiger partial charge in [-0.3, -0.25) is 0 Å². The van der Waals surface area contributed by atoms with Gasteiger partial charge in [0.05, 0.1) is 0 Å². The van der Waals surface area contributed by atoms with Gasteiger partial charge in [-0.25, -0.2) is 0 Å². The maximum Gasteiger partial charge on any atom is 0.0314 e. The van der Waals surface area contributed by atoms with Crippen molar-refractivity contribution in [3.05, 3.63) is 20.8 Å². The molecule has 1 aromatic heterocycles. The first-order valence-corrected chi connectivity index (χ1v) is 7.27. The molecule has 0 spiro atoms. The van der Waals surface area contributed by atoms with Gasteiger partial charge in [0, 0.05) is 15.4 Å². The predicted molar refractivity (Wildman–Crippen MR) is 72.6 cm³/mol. The summed E-state index contributed by atoms with van der Waals surface area (Å²) in [7, 11) is 0. The molecule has 1 nitrogen and oxygen atoms in total. The zero-order chi connectivity index (χ0) is 11.3. The van der Waals surface area contributed by atoms with E-state index in [0.717, 1.165) is 13.0 Å². The van der Waals surface area contributed by atoms with Crippen molar-refractivity contribution in [1.29, 1.82) is 0 Å². The molecule has 0 aromatic carbocycles. The summed E-state index contributed by atoms with van der Waals surface area (Å²) in [5.74, 6) is 0.686. The summed E-state index contributed by atoms with van der Waals surface area (Å²) in [6.07, 6.45) is 2.34. The lowest BCUT2D eigenvalue weighted by molar-refractivity contribution is 0.399. The second-order valence-corrected chi connectivity index (χ2v) is 6.06. The minimum atomic E-state index is 0.597. The van der Waals surface area contributed by atoms with Crippen LogP contribution in [0.4, 0.5) is 0 Å². The maximum absolute atomic E-state index is 3.62. The highest BCUT2D eigenvalue weighted by molar-refractivity contribution is 9.10. The van der Waals surface area contributed by atoms with Crippen molar-refractivity contribution < 1.29 is 0 Å². The van der Waals surface area contributed by atoms with Crippen molar-refractivity contribution in [2.24, 2.45) is 5.92 Å². The molecule has 0 bridgehead atoms. The van der Waals surface area contributed by atoms with Crippen molar-refractivity contribution in [3.8, 4) is 0 Å². The first kappa shape index (κ1) is 13.2. The Morgan fingerprint density at radius 2 is 2.20 bits per heavy atom. The van der Waals surface area contributed by atoms with Crippen molar-refractivity contribution in [2.75, 3.05) is 6.54 Å². The lowest BCUT2D eigenvalue weighted by Gasteiger charge is -2.21. The van der Waals surface area contributed by atoms with Gasteiger partial charge < -0.3 is 5.32 Å². The number of hydrogen-bond donors (Lipinski definition) is 1. The summed E-state index contributed by atoms with van der Waals surface area (Å²) in [5, 5.41) is 5.77. The number of halogens is 1. The number of rotatable bonds is 6. The number of hydrogen-bond acceptors (Lipinski definition) is 2. The van der Waals surface area contributed by atoms with Crippen LogP contribution in [0.5, 0.6) is 0 Å². The Kier molecular flexibility index (Phi) is 5.87. The van der Waals surface area contributed by atoms with Gasteiger partial charge in [0.25, 0.3) is 0 Å². The lowest BCUT2D eigenvalue weighted by Crippen LogP contribution is -2.36. The Morgan fingerprint density at radius 3 is 2.67 bits per heavy atom. The molecule has 0 saturated heterocycles. The lowest BCUT2D eigenvalue weighted by atomic mass is 10.00. The van der Waals surface area contributed by atoms with Crippen LogP contribution in [0.3, 0.4) is 0 Å². The molecule has 1 aromatic rings.